The second kappa shape index (κ2) is 27.2. The number of hydrogen-bond acceptors (Lipinski definition) is 4. The predicted molar refractivity (Wildman–Crippen MR) is 268 cm³/mol. The van der Waals surface area contributed by atoms with E-state index in [1.54, 1.807) is 55.5 Å². The monoisotopic (exact) mass is 1270 g/mol. The van der Waals surface area contributed by atoms with Gasteiger partial charge in [-0.15, -0.1) is 144 Å². The molecule has 0 saturated carbocycles. The van der Waals surface area contributed by atoms with Crippen LogP contribution >= 0.6 is 0 Å². The zero-order valence-electron chi connectivity index (χ0n) is 43.5. The van der Waals surface area contributed by atoms with Crippen molar-refractivity contribution in [3.8, 4) is 67.3 Å². The Kier molecular flexibility index (Phi) is 17.6. The van der Waals surface area contributed by atoms with Crippen LogP contribution in [0.4, 0.5) is 8.78 Å². The third-order valence-electron chi connectivity index (χ3n) is 10.2. The Morgan fingerprint density at radius 3 is 1.09 bits per heavy atom. The molecule has 0 atom stereocenters. The summed E-state index contributed by atoms with van der Waals surface area (Å²) in [5, 5.41) is 0. The SMILES string of the molecule is CCc1cc(-c2ccc(-c3[c-]cccc3)nc2)ccc1F.Cc1cc(-c2ccc(-c3[c-]cccc3)nc2)ccc1F.[2H]C([2H])([2H])c1ccc(-c2[c-]cccc2)nc1.[2H]C([2H])([2H])c1ccc(-c2[c-]cccc2)nc1.[Ir].[Ir]. The van der Waals surface area contributed by atoms with E-state index in [9.17, 15) is 8.78 Å². The number of aromatic nitrogens is 4. The van der Waals surface area contributed by atoms with E-state index in [-0.39, 0.29) is 63.0 Å². The molecule has 0 unspecified atom stereocenters. The second-order valence-electron chi connectivity index (χ2n) is 15.0. The molecule has 348 valence electrons. The van der Waals surface area contributed by atoms with Gasteiger partial charge in [-0.3, -0.25) is 0 Å². The third-order valence-corrected chi connectivity index (χ3v) is 10.2. The molecule has 0 N–H and O–H groups in total. The molecule has 0 fully saturated rings. The molecule has 0 bridgehead atoms. The molecule has 0 aliphatic heterocycles. The number of halogens is 2. The Bertz CT molecular complexity index is 3190. The molecular weight excluding hydrogens is 1210 g/mol. The predicted octanol–water partition coefficient (Wildman–Crippen LogP) is 15.3. The van der Waals surface area contributed by atoms with E-state index >= 15 is 0 Å². The first kappa shape index (κ1) is 44.6. The van der Waals surface area contributed by atoms with Gasteiger partial charge >= 0.3 is 0 Å². The molecule has 0 saturated heterocycles. The molecule has 10 aromatic rings. The van der Waals surface area contributed by atoms with Gasteiger partial charge in [0.15, 0.2) is 0 Å². The maximum atomic E-state index is 13.6. The van der Waals surface area contributed by atoms with E-state index < -0.39 is 13.7 Å². The average Bonchev–Trinajstić information content (AvgIpc) is 3.43. The fraction of sp³-hybridized carbons (Fsp3) is 0.0820. The Hall–Kier alpha value is -6.92. The van der Waals surface area contributed by atoms with Gasteiger partial charge in [0.25, 0.3) is 0 Å². The first-order valence-corrected chi connectivity index (χ1v) is 21.4. The van der Waals surface area contributed by atoms with Gasteiger partial charge in [0.2, 0.25) is 0 Å². The minimum Gasteiger partial charge on any atom is -0.304 e. The molecule has 69 heavy (non-hydrogen) atoms. The van der Waals surface area contributed by atoms with Gasteiger partial charge in [0.05, 0.1) is 0 Å². The van der Waals surface area contributed by atoms with Crippen LogP contribution in [-0.4, -0.2) is 19.9 Å². The van der Waals surface area contributed by atoms with Crippen molar-refractivity contribution in [2.75, 3.05) is 0 Å². The van der Waals surface area contributed by atoms with E-state index in [0.29, 0.717) is 12.0 Å². The van der Waals surface area contributed by atoms with Crippen LogP contribution in [-0.2, 0) is 46.6 Å². The Balaban J connectivity index is 0.000000185. The molecule has 4 nitrogen and oxygen atoms in total. The van der Waals surface area contributed by atoms with Crippen LogP contribution in [0.25, 0.3) is 67.3 Å². The number of aryl methyl sites for hydroxylation is 4. The fourth-order valence-corrected chi connectivity index (χ4v) is 6.61. The minimum absolute atomic E-state index is 0. The van der Waals surface area contributed by atoms with Crippen molar-refractivity contribution >= 4 is 0 Å². The summed E-state index contributed by atoms with van der Waals surface area (Å²) in [6, 6.07) is 67.6. The maximum absolute atomic E-state index is 13.6. The van der Waals surface area contributed by atoms with Crippen molar-refractivity contribution in [3.05, 3.63) is 265 Å². The largest absolute Gasteiger partial charge is 0.304 e. The number of benzene rings is 6. The molecule has 0 spiro atoms. The Morgan fingerprint density at radius 1 is 0.420 bits per heavy atom. The standard InChI is InChI=1S/C19H15FN.C18H13FN.2C12H10N.2Ir/c1-2-14-12-16(8-10-18(14)20)17-9-11-19(21-13-17)15-6-4-3-5-7-15;1-13-11-15(7-9-17(13)19)16-8-10-18(20-12-16)14-5-3-2-4-6-14;2*1-10-7-8-12(13-9-10)11-5-3-2-4-6-11;;/h3-6,8-13H,2H2,1H3;2-5,7-12H,1H3;2*2-5,7-9H,1H3;;/q4*-1;;/i;;2*1D3;;. The summed E-state index contributed by atoms with van der Waals surface area (Å²) in [6.45, 7) is -0.466. The van der Waals surface area contributed by atoms with Gasteiger partial charge in [-0.05, 0) is 119 Å². The fourth-order valence-electron chi connectivity index (χ4n) is 6.61. The summed E-state index contributed by atoms with van der Waals surface area (Å²) < 4.78 is 70.2. The van der Waals surface area contributed by atoms with Crippen molar-refractivity contribution in [2.45, 2.75) is 34.0 Å². The minimum atomic E-state index is -2.09. The molecule has 4 aromatic heterocycles. The molecule has 0 aliphatic carbocycles. The van der Waals surface area contributed by atoms with Gasteiger partial charge in [0, 0.05) is 73.2 Å². The van der Waals surface area contributed by atoms with Crippen LogP contribution in [0.5, 0.6) is 0 Å². The molecule has 0 aliphatic rings. The zero-order chi connectivity index (χ0) is 51.8. The molecule has 0 amide bonds. The number of rotatable bonds is 7. The average molecular weight is 1270 g/mol. The molecule has 2 radical (unpaired) electrons. The van der Waals surface area contributed by atoms with Gasteiger partial charge in [0.1, 0.15) is 11.6 Å². The number of pyridine rings is 4. The molecule has 8 heteroatoms. The van der Waals surface area contributed by atoms with Crippen molar-refractivity contribution in [3.63, 3.8) is 0 Å². The van der Waals surface area contributed by atoms with Gasteiger partial charge in [-0.2, -0.15) is 0 Å². The Morgan fingerprint density at radius 2 is 0.783 bits per heavy atom. The van der Waals surface area contributed by atoms with Crippen LogP contribution in [0.2, 0.25) is 0 Å². The summed E-state index contributed by atoms with van der Waals surface area (Å²) in [5.41, 5.74) is 12.7. The maximum Gasteiger partial charge on any atom is 0.126 e. The van der Waals surface area contributed by atoms with E-state index in [1.807, 2.05) is 141 Å². The third kappa shape index (κ3) is 15.6. The van der Waals surface area contributed by atoms with Crippen LogP contribution in [0.1, 0.15) is 37.4 Å². The van der Waals surface area contributed by atoms with E-state index in [4.69, 9.17) is 8.22 Å². The van der Waals surface area contributed by atoms with Crippen LogP contribution < -0.4 is 0 Å². The van der Waals surface area contributed by atoms with Gasteiger partial charge in [-0.1, -0.05) is 67.6 Å². The van der Waals surface area contributed by atoms with E-state index in [0.717, 1.165) is 72.8 Å². The summed E-state index contributed by atoms with van der Waals surface area (Å²) in [6.07, 6.45) is 7.10. The molecular formula is C61H48F2Ir2N4-4. The van der Waals surface area contributed by atoms with Crippen LogP contribution in [0.3, 0.4) is 0 Å². The summed E-state index contributed by atoms with van der Waals surface area (Å²) in [5.74, 6) is -0.332. The Labute approximate surface area is 440 Å². The van der Waals surface area contributed by atoms with E-state index in [2.05, 4.69) is 44.2 Å². The normalized spacial score (nSPS) is 11.7. The van der Waals surface area contributed by atoms with E-state index in [1.165, 1.54) is 24.5 Å². The molecule has 6 aromatic carbocycles. The first-order valence-electron chi connectivity index (χ1n) is 24.4. The quantitative estimate of drug-likeness (QED) is 0.149. The summed E-state index contributed by atoms with van der Waals surface area (Å²) in [4.78, 5) is 17.2. The molecule has 4 heterocycles. The van der Waals surface area contributed by atoms with Crippen molar-refractivity contribution < 1.29 is 57.2 Å². The topological polar surface area (TPSA) is 51.6 Å². The summed E-state index contributed by atoms with van der Waals surface area (Å²) in [7, 11) is 0. The van der Waals surface area contributed by atoms with Crippen LogP contribution in [0.15, 0.2) is 207 Å². The number of nitrogens with zero attached hydrogens (tertiary/aromatic N) is 4. The number of hydrogen-bond donors (Lipinski definition) is 0. The molecule has 10 rings (SSSR count). The van der Waals surface area contributed by atoms with Crippen LogP contribution in [0, 0.1) is 56.5 Å². The van der Waals surface area contributed by atoms with Crippen molar-refractivity contribution in [1.82, 2.24) is 19.9 Å². The second-order valence-corrected chi connectivity index (χ2v) is 15.0. The van der Waals surface area contributed by atoms with Crippen molar-refractivity contribution in [2.24, 2.45) is 0 Å². The first-order chi connectivity index (χ1) is 35.2. The van der Waals surface area contributed by atoms with Gasteiger partial charge in [-0.25, -0.2) is 8.78 Å². The van der Waals surface area contributed by atoms with Gasteiger partial charge < -0.3 is 19.9 Å². The summed E-state index contributed by atoms with van der Waals surface area (Å²) >= 11 is 0. The smallest absolute Gasteiger partial charge is 0.126 e. The zero-order valence-corrected chi connectivity index (χ0v) is 42.3. The van der Waals surface area contributed by atoms with Crippen molar-refractivity contribution in [1.29, 1.82) is 0 Å².